The molecule has 172 valence electrons. The molecule has 0 spiro atoms. The van der Waals surface area contributed by atoms with Crippen LogP contribution < -0.4 is 11.1 Å². The summed E-state index contributed by atoms with van der Waals surface area (Å²) in [5.74, 6) is 2.26. The van der Waals surface area contributed by atoms with Gasteiger partial charge in [-0.15, -0.1) is 10.2 Å². The number of aromatic nitrogens is 7. The molecular weight excluding hydrogens is 426 g/mol. The fraction of sp³-hybridized carbons (Fsp3) is 0.320. The number of tetrazole rings is 1. The normalized spacial score (nSPS) is 18.5. The number of benzene rings is 2. The van der Waals surface area contributed by atoms with Crippen LogP contribution in [-0.2, 0) is 13.5 Å². The number of aromatic amines is 1. The van der Waals surface area contributed by atoms with Crippen molar-refractivity contribution in [3.63, 3.8) is 0 Å². The maximum Gasteiger partial charge on any atom is 0.204 e. The maximum absolute atomic E-state index is 6.14. The van der Waals surface area contributed by atoms with E-state index in [9.17, 15) is 0 Å². The Labute approximate surface area is 196 Å². The summed E-state index contributed by atoms with van der Waals surface area (Å²) < 4.78 is 0. The van der Waals surface area contributed by atoms with Crippen molar-refractivity contribution in [2.75, 3.05) is 5.32 Å². The Bertz CT molecular complexity index is 1450. The zero-order valence-corrected chi connectivity index (χ0v) is 19.1. The molecular formula is C25H27N9. The molecule has 34 heavy (non-hydrogen) atoms. The van der Waals surface area contributed by atoms with E-state index >= 15 is 0 Å². The molecule has 1 fully saturated rings. The van der Waals surface area contributed by atoms with E-state index in [1.54, 1.807) is 7.05 Å². The quantitative estimate of drug-likeness (QED) is 0.372. The topological polar surface area (TPSA) is 123 Å². The van der Waals surface area contributed by atoms with Crippen molar-refractivity contribution in [1.29, 1.82) is 0 Å². The van der Waals surface area contributed by atoms with Crippen LogP contribution in [0, 0.1) is 0 Å². The van der Waals surface area contributed by atoms with Crippen LogP contribution in [0.5, 0.6) is 0 Å². The number of nitrogens with zero attached hydrogens (tertiary/aromatic N) is 6. The van der Waals surface area contributed by atoms with Gasteiger partial charge in [0.1, 0.15) is 17.3 Å². The third kappa shape index (κ3) is 3.99. The third-order valence-corrected chi connectivity index (χ3v) is 6.58. The number of aryl methyl sites for hydroxylation is 1. The zero-order valence-electron chi connectivity index (χ0n) is 19.1. The van der Waals surface area contributed by atoms with Gasteiger partial charge in [0.2, 0.25) is 5.82 Å². The number of nitrogens with one attached hydrogen (secondary N) is 2. The molecule has 0 bridgehead atoms. The first kappa shape index (κ1) is 20.7. The second kappa shape index (κ2) is 8.49. The number of nitrogens with two attached hydrogens (primary N) is 1. The number of H-pyrrole nitrogens is 1. The minimum atomic E-state index is 0.304. The molecule has 1 saturated carbocycles. The van der Waals surface area contributed by atoms with Gasteiger partial charge in [-0.1, -0.05) is 42.5 Å². The monoisotopic (exact) mass is 453 g/mol. The highest BCUT2D eigenvalue weighted by molar-refractivity contribution is 6.11. The zero-order chi connectivity index (χ0) is 23.1. The maximum atomic E-state index is 6.14. The molecule has 2 aromatic carbocycles. The third-order valence-electron chi connectivity index (χ3n) is 6.58. The first-order valence-electron chi connectivity index (χ1n) is 11.7. The number of hydrogen-bond acceptors (Lipinski definition) is 7. The molecule has 3 aromatic heterocycles. The van der Waals surface area contributed by atoms with Crippen molar-refractivity contribution < 1.29 is 0 Å². The van der Waals surface area contributed by atoms with Crippen LogP contribution in [0.1, 0.15) is 37.1 Å². The first-order chi connectivity index (χ1) is 16.6. The fourth-order valence-electron chi connectivity index (χ4n) is 4.80. The van der Waals surface area contributed by atoms with E-state index < -0.39 is 0 Å². The average Bonchev–Trinajstić information content (AvgIpc) is 3.44. The van der Waals surface area contributed by atoms with E-state index in [-0.39, 0.29) is 0 Å². The Hall–Kier alpha value is -3.85. The molecule has 3 heterocycles. The van der Waals surface area contributed by atoms with Crippen LogP contribution in [0.2, 0.25) is 0 Å². The average molecular weight is 454 g/mol. The molecule has 1 aliphatic rings. The highest BCUT2D eigenvalue weighted by Gasteiger charge is 2.22. The van der Waals surface area contributed by atoms with Gasteiger partial charge in [-0.05, 0) is 42.5 Å². The number of anilines is 1. The van der Waals surface area contributed by atoms with Crippen LogP contribution in [-0.4, -0.2) is 47.2 Å². The van der Waals surface area contributed by atoms with E-state index in [2.05, 4.69) is 43.9 Å². The Kier molecular flexibility index (Phi) is 5.18. The van der Waals surface area contributed by atoms with Gasteiger partial charge >= 0.3 is 0 Å². The molecule has 0 radical (unpaired) electrons. The van der Waals surface area contributed by atoms with Crippen LogP contribution >= 0.6 is 0 Å². The molecule has 9 nitrogen and oxygen atoms in total. The summed E-state index contributed by atoms with van der Waals surface area (Å²) in [6, 6.07) is 17.1. The number of fused-ring (bicyclic) bond motifs is 3. The van der Waals surface area contributed by atoms with Crippen molar-refractivity contribution in [3.05, 3.63) is 59.9 Å². The predicted octanol–water partition coefficient (Wildman–Crippen LogP) is 3.57. The molecule has 4 N–H and O–H groups in total. The van der Waals surface area contributed by atoms with Crippen molar-refractivity contribution in [2.45, 2.75) is 44.2 Å². The van der Waals surface area contributed by atoms with Crippen molar-refractivity contribution in [2.24, 2.45) is 12.8 Å². The van der Waals surface area contributed by atoms with E-state index in [0.717, 1.165) is 64.8 Å². The van der Waals surface area contributed by atoms with Gasteiger partial charge < -0.3 is 16.0 Å². The first-order valence-corrected chi connectivity index (χ1v) is 11.7. The van der Waals surface area contributed by atoms with Gasteiger partial charge in [0, 0.05) is 35.0 Å². The van der Waals surface area contributed by atoms with Crippen molar-refractivity contribution >= 4 is 27.8 Å². The van der Waals surface area contributed by atoms with E-state index in [1.165, 1.54) is 10.4 Å². The van der Waals surface area contributed by atoms with Crippen molar-refractivity contribution in [1.82, 2.24) is 35.2 Å². The lowest BCUT2D eigenvalue weighted by Crippen LogP contribution is -2.33. The fourth-order valence-corrected chi connectivity index (χ4v) is 4.80. The highest BCUT2D eigenvalue weighted by Crippen LogP contribution is 2.33. The molecule has 9 heteroatoms. The number of hydrogen-bond donors (Lipinski definition) is 3. The van der Waals surface area contributed by atoms with Gasteiger partial charge in [-0.3, -0.25) is 0 Å². The smallest absolute Gasteiger partial charge is 0.204 e. The summed E-state index contributed by atoms with van der Waals surface area (Å²) in [5, 5.41) is 18.3. The molecule has 5 aromatic rings. The summed E-state index contributed by atoms with van der Waals surface area (Å²) in [4.78, 5) is 14.9. The van der Waals surface area contributed by atoms with Crippen LogP contribution in [0.25, 0.3) is 33.3 Å². The van der Waals surface area contributed by atoms with E-state index in [4.69, 9.17) is 15.7 Å². The molecule has 0 saturated heterocycles. The summed E-state index contributed by atoms with van der Waals surface area (Å²) in [5.41, 5.74) is 10.0. The molecule has 0 atom stereocenters. The summed E-state index contributed by atoms with van der Waals surface area (Å²) in [6.07, 6.45) is 4.83. The minimum Gasteiger partial charge on any atom is -0.367 e. The molecule has 0 unspecified atom stereocenters. The lowest BCUT2D eigenvalue weighted by Gasteiger charge is -2.27. The Morgan fingerprint density at radius 3 is 2.65 bits per heavy atom. The van der Waals surface area contributed by atoms with Gasteiger partial charge in [0.15, 0.2) is 0 Å². The number of rotatable bonds is 5. The largest absolute Gasteiger partial charge is 0.367 e. The van der Waals surface area contributed by atoms with E-state index in [1.807, 2.05) is 30.3 Å². The standard InChI is InChI=1S/C25H27N9/c1-34-32-23(31-33-34)16-7-12-19-20(14-16)28-25-22(19)24(27-18-10-8-17(26)9-11-18)29-21(30-25)13-15-5-3-2-4-6-15/h2-7,12,14,17-18H,8-11,13,26H2,1H3,(H2,27,28,29,30)/t17-,18-. The SMILES string of the molecule is Cn1nnc(-c2ccc3c(c2)[nH]c2nc(Cc4ccccc4)nc(N[C@H]4CC[C@H](N)CC4)c23)n1. The second-order valence-electron chi connectivity index (χ2n) is 9.12. The van der Waals surface area contributed by atoms with Gasteiger partial charge in [0.25, 0.3) is 0 Å². The summed E-state index contributed by atoms with van der Waals surface area (Å²) in [6.45, 7) is 0. The van der Waals surface area contributed by atoms with Crippen molar-refractivity contribution in [3.8, 4) is 11.4 Å². The predicted molar refractivity (Wildman–Crippen MR) is 132 cm³/mol. The van der Waals surface area contributed by atoms with Gasteiger partial charge in [0.05, 0.1) is 12.4 Å². The Morgan fingerprint density at radius 1 is 1.06 bits per heavy atom. The molecule has 1 aliphatic carbocycles. The lowest BCUT2D eigenvalue weighted by atomic mass is 9.92. The Balaban J connectivity index is 1.44. The second-order valence-corrected chi connectivity index (χ2v) is 9.12. The van der Waals surface area contributed by atoms with Crippen LogP contribution in [0.3, 0.4) is 0 Å². The van der Waals surface area contributed by atoms with Gasteiger partial charge in [-0.25, -0.2) is 9.97 Å². The van der Waals surface area contributed by atoms with E-state index in [0.29, 0.717) is 24.3 Å². The molecule has 0 aliphatic heterocycles. The van der Waals surface area contributed by atoms with Gasteiger partial charge in [-0.2, -0.15) is 4.80 Å². The van der Waals surface area contributed by atoms with Crippen LogP contribution in [0.15, 0.2) is 48.5 Å². The summed E-state index contributed by atoms with van der Waals surface area (Å²) >= 11 is 0. The molecule has 0 amide bonds. The Morgan fingerprint density at radius 2 is 1.88 bits per heavy atom. The highest BCUT2D eigenvalue weighted by atomic mass is 15.6. The molecule has 6 rings (SSSR count). The van der Waals surface area contributed by atoms with Crippen LogP contribution in [0.4, 0.5) is 5.82 Å². The lowest BCUT2D eigenvalue weighted by molar-refractivity contribution is 0.410. The summed E-state index contributed by atoms with van der Waals surface area (Å²) in [7, 11) is 1.76. The minimum absolute atomic E-state index is 0.304.